The molecule has 51 heavy (non-hydrogen) atoms. The van der Waals surface area contributed by atoms with E-state index in [4.69, 9.17) is 14.4 Å². The average molecular weight is 654 g/mol. The smallest absolute Gasteiger partial charge is 0.159 e. The third kappa shape index (κ3) is 5.25. The van der Waals surface area contributed by atoms with Crippen LogP contribution in [0, 0.1) is 0 Å². The lowest BCUT2D eigenvalue weighted by atomic mass is 9.97. The second kappa shape index (κ2) is 12.0. The van der Waals surface area contributed by atoms with Crippen LogP contribution in [0.2, 0.25) is 0 Å². The third-order valence-electron chi connectivity index (χ3n) is 9.92. The molecule has 4 heteroatoms. The summed E-state index contributed by atoms with van der Waals surface area (Å²) < 4.78 is 6.54. The lowest BCUT2D eigenvalue weighted by Crippen LogP contribution is -2.33. The van der Waals surface area contributed by atoms with E-state index >= 15 is 0 Å². The van der Waals surface area contributed by atoms with E-state index in [1.807, 2.05) is 30.3 Å². The van der Waals surface area contributed by atoms with Crippen LogP contribution >= 0.6 is 0 Å². The van der Waals surface area contributed by atoms with Crippen molar-refractivity contribution in [2.75, 3.05) is 0 Å². The number of fused-ring (bicyclic) bond motifs is 5. The summed E-state index contributed by atoms with van der Waals surface area (Å²) in [6, 6.07) is 61.7. The summed E-state index contributed by atoms with van der Waals surface area (Å²) in [6.45, 7) is 0. The van der Waals surface area contributed by atoms with Gasteiger partial charge in [-0.05, 0) is 79.7 Å². The zero-order valence-corrected chi connectivity index (χ0v) is 27.6. The second-order valence-electron chi connectivity index (χ2n) is 13.1. The summed E-state index contributed by atoms with van der Waals surface area (Å²) in [5.41, 5.74) is 9.35. The first-order chi connectivity index (χ1) is 25.2. The predicted molar refractivity (Wildman–Crippen MR) is 211 cm³/mol. The van der Waals surface area contributed by atoms with Gasteiger partial charge in [-0.2, -0.15) is 0 Å². The summed E-state index contributed by atoms with van der Waals surface area (Å²) in [4.78, 5) is 10.3. The predicted octanol–water partition coefficient (Wildman–Crippen LogP) is 11.7. The molecule has 1 aromatic heterocycles. The van der Waals surface area contributed by atoms with Crippen LogP contribution in [-0.2, 0) is 0 Å². The number of hydrogen-bond donors (Lipinski definition) is 1. The second-order valence-corrected chi connectivity index (χ2v) is 13.1. The van der Waals surface area contributed by atoms with Crippen molar-refractivity contribution in [3.63, 3.8) is 0 Å². The molecule has 1 atom stereocenters. The van der Waals surface area contributed by atoms with Crippen LogP contribution in [0.5, 0.6) is 0 Å². The Kier molecular flexibility index (Phi) is 6.85. The summed E-state index contributed by atoms with van der Waals surface area (Å²) in [5.74, 6) is 1.46. The van der Waals surface area contributed by atoms with Gasteiger partial charge >= 0.3 is 0 Å². The van der Waals surface area contributed by atoms with E-state index in [-0.39, 0.29) is 6.17 Å². The highest BCUT2D eigenvalue weighted by Gasteiger charge is 2.24. The molecule has 0 aliphatic carbocycles. The van der Waals surface area contributed by atoms with E-state index in [1.165, 1.54) is 27.3 Å². The van der Waals surface area contributed by atoms with Crippen LogP contribution in [0.4, 0.5) is 0 Å². The Labute approximate surface area is 295 Å². The fourth-order valence-electron chi connectivity index (χ4n) is 7.28. The maximum absolute atomic E-state index is 6.54. The summed E-state index contributed by atoms with van der Waals surface area (Å²) >= 11 is 0. The van der Waals surface area contributed by atoms with Gasteiger partial charge in [0, 0.05) is 21.9 Å². The molecule has 1 aliphatic heterocycles. The molecule has 0 radical (unpaired) electrons. The number of aliphatic imine (C=N–C) groups is 2. The minimum atomic E-state index is -0.294. The van der Waals surface area contributed by atoms with Crippen molar-refractivity contribution < 1.29 is 4.42 Å². The first-order valence-electron chi connectivity index (χ1n) is 17.3. The maximum Gasteiger partial charge on any atom is 0.159 e. The van der Waals surface area contributed by atoms with Gasteiger partial charge in [-0.3, -0.25) is 0 Å². The van der Waals surface area contributed by atoms with E-state index < -0.39 is 0 Å². The van der Waals surface area contributed by atoms with Crippen LogP contribution in [0.25, 0.3) is 65.7 Å². The summed E-state index contributed by atoms with van der Waals surface area (Å²) in [7, 11) is 0. The first kappa shape index (κ1) is 29.2. The monoisotopic (exact) mass is 653 g/mol. The Balaban J connectivity index is 1.03. The van der Waals surface area contributed by atoms with Crippen LogP contribution < -0.4 is 5.32 Å². The highest BCUT2D eigenvalue weighted by Crippen LogP contribution is 2.36. The van der Waals surface area contributed by atoms with Crippen LogP contribution in [0.3, 0.4) is 0 Å². The maximum atomic E-state index is 6.54. The number of rotatable bonds is 5. The molecule has 0 amide bonds. The van der Waals surface area contributed by atoms with Gasteiger partial charge in [-0.15, -0.1) is 0 Å². The van der Waals surface area contributed by atoms with Gasteiger partial charge in [0.1, 0.15) is 23.2 Å². The van der Waals surface area contributed by atoms with Gasteiger partial charge in [0.25, 0.3) is 0 Å². The molecule has 0 fully saturated rings. The zero-order valence-electron chi connectivity index (χ0n) is 27.6. The van der Waals surface area contributed by atoms with E-state index in [0.29, 0.717) is 5.84 Å². The van der Waals surface area contributed by atoms with Gasteiger partial charge < -0.3 is 9.73 Å². The molecule has 240 valence electrons. The van der Waals surface area contributed by atoms with Crippen molar-refractivity contribution >= 4 is 55.2 Å². The molecule has 8 aromatic carbocycles. The van der Waals surface area contributed by atoms with Crippen molar-refractivity contribution in [1.82, 2.24) is 5.32 Å². The van der Waals surface area contributed by atoms with Gasteiger partial charge in [0.15, 0.2) is 5.84 Å². The van der Waals surface area contributed by atoms with Crippen molar-refractivity contribution in [2.45, 2.75) is 6.17 Å². The summed E-state index contributed by atoms with van der Waals surface area (Å²) in [6.07, 6.45) is -0.294. The molecule has 0 spiro atoms. The Hall–Kier alpha value is -6.78. The SMILES string of the molecule is c1ccc(C2N=C(c3ccc4ccccc4c3)N=C(c3cccc4oc5cc(-c6ccc(-c7ccc8ccccc8c7)cc6)ccc5c34)N2)cc1. The average Bonchev–Trinajstić information content (AvgIpc) is 3.59. The number of amidine groups is 2. The minimum Gasteiger partial charge on any atom is -0.456 e. The summed E-state index contributed by atoms with van der Waals surface area (Å²) in [5, 5.41) is 10.6. The minimum absolute atomic E-state index is 0.294. The topological polar surface area (TPSA) is 49.9 Å². The molecule has 0 bridgehead atoms. The molecule has 1 N–H and O–H groups in total. The quantitative estimate of drug-likeness (QED) is 0.201. The fourth-order valence-corrected chi connectivity index (χ4v) is 7.28. The molecule has 0 saturated heterocycles. The Morgan fingerprint density at radius 2 is 1.04 bits per heavy atom. The number of benzene rings is 8. The fraction of sp³-hybridized carbons (Fsp3) is 0.0213. The van der Waals surface area contributed by atoms with E-state index in [0.717, 1.165) is 61.0 Å². The lowest BCUT2D eigenvalue weighted by molar-refractivity contribution is 0.668. The van der Waals surface area contributed by atoms with Crippen LogP contribution in [-0.4, -0.2) is 11.7 Å². The van der Waals surface area contributed by atoms with Gasteiger partial charge in [-0.1, -0.05) is 146 Å². The van der Waals surface area contributed by atoms with Crippen LogP contribution in [0.1, 0.15) is 22.9 Å². The standard InChI is InChI=1S/C47H31N3O/c1-2-11-34(12-3-1)45-48-46(39-24-22-31-10-5-7-14-36(31)28-39)50-47(49-45)41-15-8-16-42-44(41)40-26-25-38(29-43(40)51-42)33-19-17-32(18-20-33)37-23-21-30-9-4-6-13-35(30)27-37/h1-29,45H,(H,48,49,50). The first-order valence-corrected chi connectivity index (χ1v) is 17.3. The molecular formula is C47H31N3O. The largest absolute Gasteiger partial charge is 0.456 e. The number of furan rings is 1. The molecule has 0 saturated carbocycles. The van der Waals surface area contributed by atoms with Crippen molar-refractivity contribution in [2.24, 2.45) is 9.98 Å². The Morgan fingerprint density at radius 1 is 0.451 bits per heavy atom. The number of nitrogens with zero attached hydrogens (tertiary/aromatic N) is 2. The van der Waals surface area contributed by atoms with E-state index in [1.54, 1.807) is 0 Å². The van der Waals surface area contributed by atoms with Gasteiger partial charge in [-0.25, -0.2) is 9.98 Å². The van der Waals surface area contributed by atoms with E-state index in [9.17, 15) is 0 Å². The Bertz CT molecular complexity index is 2830. The van der Waals surface area contributed by atoms with Crippen molar-refractivity contribution in [3.8, 4) is 22.3 Å². The molecule has 9 aromatic rings. The molecule has 4 nitrogen and oxygen atoms in total. The molecular weight excluding hydrogens is 623 g/mol. The highest BCUT2D eigenvalue weighted by atomic mass is 16.3. The molecule has 2 heterocycles. The highest BCUT2D eigenvalue weighted by molar-refractivity contribution is 6.22. The van der Waals surface area contributed by atoms with Gasteiger partial charge in [0.2, 0.25) is 0 Å². The molecule has 10 rings (SSSR count). The zero-order chi connectivity index (χ0) is 33.7. The van der Waals surface area contributed by atoms with Crippen LogP contribution in [0.15, 0.2) is 190 Å². The van der Waals surface area contributed by atoms with Crippen molar-refractivity contribution in [3.05, 3.63) is 193 Å². The van der Waals surface area contributed by atoms with E-state index in [2.05, 4.69) is 151 Å². The molecule has 1 aliphatic rings. The van der Waals surface area contributed by atoms with Crippen molar-refractivity contribution in [1.29, 1.82) is 0 Å². The number of nitrogens with one attached hydrogen (secondary N) is 1. The normalized spacial score (nSPS) is 14.5. The number of hydrogen-bond acceptors (Lipinski definition) is 4. The van der Waals surface area contributed by atoms with Gasteiger partial charge in [0.05, 0.1) is 0 Å². The molecule has 1 unspecified atom stereocenters. The Morgan fingerprint density at radius 3 is 1.76 bits per heavy atom. The third-order valence-corrected chi connectivity index (χ3v) is 9.92. The lowest BCUT2D eigenvalue weighted by Gasteiger charge is -2.24.